The van der Waals surface area contributed by atoms with Crippen LogP contribution in [0.1, 0.15) is 29.8 Å². The van der Waals surface area contributed by atoms with Gasteiger partial charge in [-0.05, 0) is 55.0 Å². The van der Waals surface area contributed by atoms with Crippen molar-refractivity contribution >= 4 is 53.4 Å². The zero-order chi connectivity index (χ0) is 26.4. The molecule has 0 aliphatic carbocycles. The van der Waals surface area contributed by atoms with E-state index in [0.29, 0.717) is 36.7 Å². The lowest BCUT2D eigenvalue weighted by atomic mass is 10.2. The normalized spacial score (nSPS) is 12.5. The Labute approximate surface area is 229 Å². The number of amides is 1. The van der Waals surface area contributed by atoms with E-state index < -0.39 is 15.9 Å². The third-order valence-corrected chi connectivity index (χ3v) is 9.27. The van der Waals surface area contributed by atoms with Crippen LogP contribution in [0.15, 0.2) is 87.2 Å². The van der Waals surface area contributed by atoms with Crippen molar-refractivity contribution in [1.82, 2.24) is 8.87 Å². The molecule has 0 bridgehead atoms. The molecule has 0 aliphatic heterocycles. The molecule has 7 nitrogen and oxygen atoms in total. The molecule has 4 aromatic rings. The van der Waals surface area contributed by atoms with Crippen LogP contribution in [0.5, 0.6) is 0 Å². The van der Waals surface area contributed by atoms with Gasteiger partial charge in [-0.3, -0.25) is 4.79 Å². The molecule has 4 rings (SSSR count). The number of nitrogens with zero attached hydrogens (tertiary/aromatic N) is 3. The summed E-state index contributed by atoms with van der Waals surface area (Å²) in [5.41, 5.74) is 2.20. The Bertz CT molecular complexity index is 1550. The minimum Gasteiger partial charge on any atom is -0.380 e. The molecule has 0 saturated heterocycles. The first-order chi connectivity index (χ1) is 17.8. The van der Waals surface area contributed by atoms with Crippen molar-refractivity contribution in [3.8, 4) is 0 Å². The van der Waals surface area contributed by atoms with Gasteiger partial charge in [0.2, 0.25) is 10.0 Å². The van der Waals surface area contributed by atoms with Crippen LogP contribution in [0.4, 0.5) is 0 Å². The van der Waals surface area contributed by atoms with E-state index >= 15 is 0 Å². The topological polar surface area (TPSA) is 81.0 Å². The Balaban J connectivity index is 1.61. The summed E-state index contributed by atoms with van der Waals surface area (Å²) < 4.78 is 37.3. The molecule has 0 atom stereocenters. The lowest BCUT2D eigenvalue weighted by Gasteiger charge is -2.20. The summed E-state index contributed by atoms with van der Waals surface area (Å²) >= 11 is 4.92. The first-order valence-electron chi connectivity index (χ1n) is 11.9. The Morgan fingerprint density at radius 1 is 1.05 bits per heavy atom. The highest BCUT2D eigenvalue weighted by atomic mass is 79.9. The number of carbonyl (C=O) groups is 1. The van der Waals surface area contributed by atoms with Crippen LogP contribution in [0, 0.1) is 0 Å². The second-order valence-electron chi connectivity index (χ2n) is 8.20. The smallest absolute Gasteiger partial charge is 0.279 e. The Morgan fingerprint density at radius 2 is 1.78 bits per heavy atom. The number of halogens is 1. The maximum atomic E-state index is 13.2. The molecule has 0 radical (unpaired) electrons. The number of fused-ring (bicyclic) bond motifs is 1. The molecule has 3 aromatic carbocycles. The first kappa shape index (κ1) is 27.4. The zero-order valence-corrected chi connectivity index (χ0v) is 23.9. The second-order valence-corrected chi connectivity index (χ2v) is 12.1. The Hall–Kier alpha value is -2.63. The molecule has 0 fully saturated rings. The maximum Gasteiger partial charge on any atom is 0.279 e. The van der Waals surface area contributed by atoms with Gasteiger partial charge in [-0.1, -0.05) is 64.5 Å². The quantitative estimate of drug-likeness (QED) is 0.226. The number of hydrogen-bond donors (Lipinski definition) is 0. The largest absolute Gasteiger partial charge is 0.380 e. The summed E-state index contributed by atoms with van der Waals surface area (Å²) in [5.74, 6) is -0.434. The summed E-state index contributed by atoms with van der Waals surface area (Å²) in [6.45, 7) is 6.03. The highest BCUT2D eigenvalue weighted by Gasteiger charge is 2.23. The third kappa shape index (κ3) is 6.45. The van der Waals surface area contributed by atoms with E-state index in [2.05, 4.69) is 20.9 Å². The fourth-order valence-electron chi connectivity index (χ4n) is 3.87. The molecule has 37 heavy (non-hydrogen) atoms. The summed E-state index contributed by atoms with van der Waals surface area (Å²) in [6, 6.07) is 21.4. The Morgan fingerprint density at radius 3 is 2.46 bits per heavy atom. The van der Waals surface area contributed by atoms with Gasteiger partial charge in [0.05, 0.1) is 21.7 Å². The predicted molar refractivity (Wildman–Crippen MR) is 150 cm³/mol. The fourth-order valence-corrected chi connectivity index (χ4v) is 6.92. The lowest BCUT2D eigenvalue weighted by Crippen LogP contribution is -2.30. The third-order valence-electron chi connectivity index (χ3n) is 5.80. The van der Waals surface area contributed by atoms with Crippen molar-refractivity contribution in [3.63, 3.8) is 0 Å². The van der Waals surface area contributed by atoms with Gasteiger partial charge in [0.1, 0.15) is 0 Å². The highest BCUT2D eigenvalue weighted by Crippen LogP contribution is 2.23. The molecule has 1 heterocycles. The van der Waals surface area contributed by atoms with Crippen molar-refractivity contribution in [1.29, 1.82) is 0 Å². The van der Waals surface area contributed by atoms with Crippen molar-refractivity contribution in [3.05, 3.63) is 93.2 Å². The summed E-state index contributed by atoms with van der Waals surface area (Å²) in [6.07, 6.45) is 0. The van der Waals surface area contributed by atoms with Crippen LogP contribution in [0.2, 0.25) is 0 Å². The number of aromatic nitrogens is 1. The SMILES string of the molecule is CCOCCn1c(=NC(=O)c2ccc(S(=O)(=O)N(CC)Cc3ccccc3)cc2)sc2cc(Br)ccc21. The van der Waals surface area contributed by atoms with Gasteiger partial charge in [-0.2, -0.15) is 9.30 Å². The number of sulfonamides is 1. The molecular weight excluding hydrogens is 574 g/mol. The van der Waals surface area contributed by atoms with Gasteiger partial charge in [0.25, 0.3) is 5.91 Å². The predicted octanol–water partition coefficient (Wildman–Crippen LogP) is 5.45. The van der Waals surface area contributed by atoms with E-state index in [0.717, 1.165) is 20.3 Å². The summed E-state index contributed by atoms with van der Waals surface area (Å²) in [5, 5.41) is 0. The second kappa shape index (κ2) is 12.3. The standard InChI is InChI=1S/C27H28BrN3O4S2/c1-3-30(19-20-8-6-5-7-9-20)37(33,34)23-13-10-21(11-14-23)26(32)29-27-31(16-17-35-4-2)24-15-12-22(28)18-25(24)36-27/h5-15,18H,3-4,16-17,19H2,1-2H3. The molecule has 1 aromatic heterocycles. The van der Waals surface area contributed by atoms with Gasteiger partial charge in [-0.15, -0.1) is 0 Å². The number of rotatable bonds is 10. The average molecular weight is 603 g/mol. The zero-order valence-electron chi connectivity index (χ0n) is 20.6. The lowest BCUT2D eigenvalue weighted by molar-refractivity contribution is 0.0996. The minimum absolute atomic E-state index is 0.139. The van der Waals surface area contributed by atoms with Crippen molar-refractivity contribution in [2.75, 3.05) is 19.8 Å². The minimum atomic E-state index is -3.72. The van der Waals surface area contributed by atoms with Gasteiger partial charge < -0.3 is 9.30 Å². The molecule has 0 unspecified atom stereocenters. The van der Waals surface area contributed by atoms with Gasteiger partial charge in [0.15, 0.2) is 4.80 Å². The van der Waals surface area contributed by atoms with Gasteiger partial charge >= 0.3 is 0 Å². The molecule has 10 heteroatoms. The van der Waals surface area contributed by atoms with Crippen LogP contribution in [-0.4, -0.2) is 43.0 Å². The van der Waals surface area contributed by atoms with E-state index in [9.17, 15) is 13.2 Å². The van der Waals surface area contributed by atoms with E-state index in [1.807, 2.05) is 66.9 Å². The molecule has 1 amide bonds. The van der Waals surface area contributed by atoms with E-state index in [-0.39, 0.29) is 11.4 Å². The number of benzene rings is 3. The first-order valence-corrected chi connectivity index (χ1v) is 15.0. The molecule has 0 N–H and O–H groups in total. The monoisotopic (exact) mass is 601 g/mol. The van der Waals surface area contributed by atoms with Crippen LogP contribution in [-0.2, 0) is 27.8 Å². The van der Waals surface area contributed by atoms with Crippen LogP contribution in [0.25, 0.3) is 10.2 Å². The molecule has 194 valence electrons. The van der Waals surface area contributed by atoms with E-state index in [1.165, 1.54) is 39.9 Å². The van der Waals surface area contributed by atoms with Crippen molar-refractivity contribution in [2.24, 2.45) is 4.99 Å². The number of ether oxygens (including phenoxy) is 1. The number of hydrogen-bond acceptors (Lipinski definition) is 5. The van der Waals surface area contributed by atoms with Crippen molar-refractivity contribution < 1.29 is 17.9 Å². The Kier molecular flexibility index (Phi) is 9.09. The number of carbonyl (C=O) groups excluding carboxylic acids is 1. The van der Waals surface area contributed by atoms with Crippen LogP contribution < -0.4 is 4.80 Å². The number of thiazole rings is 1. The van der Waals surface area contributed by atoms with Crippen molar-refractivity contribution in [2.45, 2.75) is 31.8 Å². The van der Waals surface area contributed by atoms with Gasteiger partial charge in [0, 0.05) is 36.3 Å². The van der Waals surface area contributed by atoms with Gasteiger partial charge in [-0.25, -0.2) is 8.42 Å². The van der Waals surface area contributed by atoms with E-state index in [1.54, 1.807) is 0 Å². The molecule has 0 spiro atoms. The van der Waals surface area contributed by atoms with Crippen LogP contribution >= 0.6 is 27.3 Å². The average Bonchev–Trinajstić information content (AvgIpc) is 3.23. The fraction of sp³-hybridized carbons (Fsp3) is 0.259. The summed E-state index contributed by atoms with van der Waals surface area (Å²) in [7, 11) is -3.72. The highest BCUT2D eigenvalue weighted by molar-refractivity contribution is 9.10. The maximum absolute atomic E-state index is 13.2. The van der Waals surface area contributed by atoms with Crippen LogP contribution in [0.3, 0.4) is 0 Å². The molecule has 0 saturated carbocycles. The molecular formula is C27H28BrN3O4S2. The summed E-state index contributed by atoms with van der Waals surface area (Å²) in [4.78, 5) is 18.1. The molecule has 0 aliphatic rings. The van der Waals surface area contributed by atoms with E-state index in [4.69, 9.17) is 4.74 Å².